The third-order valence-electron chi connectivity index (χ3n) is 4.66. The molecule has 0 radical (unpaired) electrons. The summed E-state index contributed by atoms with van der Waals surface area (Å²) in [6, 6.07) is 6.72. The summed E-state index contributed by atoms with van der Waals surface area (Å²) >= 11 is 0. The molecule has 1 aliphatic rings. The van der Waals surface area contributed by atoms with Gasteiger partial charge in [0.2, 0.25) is 0 Å². The molecule has 0 amide bonds. The lowest BCUT2D eigenvalue weighted by atomic mass is 9.86. The highest BCUT2D eigenvalue weighted by atomic mass is 19.4. The number of benzene rings is 1. The highest BCUT2D eigenvalue weighted by molar-refractivity contribution is 6.58. The van der Waals surface area contributed by atoms with E-state index in [4.69, 9.17) is 0 Å². The van der Waals surface area contributed by atoms with Gasteiger partial charge in [-0.3, -0.25) is 0 Å². The SMILES string of the molecule is CN1CCC(Nc2cccc3c2cc(B(O)O)n3CC(F)(F)F)CC1. The number of rotatable bonds is 4. The van der Waals surface area contributed by atoms with Crippen molar-refractivity contribution in [1.29, 1.82) is 0 Å². The fourth-order valence-electron chi connectivity index (χ4n) is 3.37. The van der Waals surface area contributed by atoms with E-state index in [2.05, 4.69) is 17.3 Å². The van der Waals surface area contributed by atoms with Gasteiger partial charge in [-0.2, -0.15) is 13.2 Å². The molecule has 0 bridgehead atoms. The lowest BCUT2D eigenvalue weighted by Crippen LogP contribution is -2.38. The molecule has 136 valence electrons. The van der Waals surface area contributed by atoms with E-state index in [1.165, 1.54) is 6.07 Å². The van der Waals surface area contributed by atoms with E-state index in [0.717, 1.165) is 36.2 Å². The van der Waals surface area contributed by atoms with Gasteiger partial charge in [-0.15, -0.1) is 0 Å². The van der Waals surface area contributed by atoms with Crippen LogP contribution in [0.3, 0.4) is 0 Å². The van der Waals surface area contributed by atoms with Crippen LogP contribution in [0, 0.1) is 0 Å². The maximum Gasteiger partial charge on any atom is 0.505 e. The van der Waals surface area contributed by atoms with Crippen LogP contribution < -0.4 is 10.9 Å². The third kappa shape index (κ3) is 4.11. The second kappa shape index (κ2) is 6.89. The summed E-state index contributed by atoms with van der Waals surface area (Å²) in [7, 11) is 0.0919. The lowest BCUT2D eigenvalue weighted by molar-refractivity contribution is -0.139. The van der Waals surface area contributed by atoms with Crippen LogP contribution in [0.4, 0.5) is 18.9 Å². The van der Waals surface area contributed by atoms with Gasteiger partial charge in [0.15, 0.2) is 0 Å². The van der Waals surface area contributed by atoms with Crippen molar-refractivity contribution in [3.8, 4) is 0 Å². The normalized spacial score (nSPS) is 17.2. The van der Waals surface area contributed by atoms with Gasteiger partial charge < -0.3 is 24.8 Å². The molecule has 0 spiro atoms. The Morgan fingerprint density at radius 1 is 1.24 bits per heavy atom. The Kier molecular flexibility index (Phi) is 4.99. The number of likely N-dealkylation sites (tertiary alicyclic amines) is 1. The number of anilines is 1. The molecule has 0 unspecified atom stereocenters. The average Bonchev–Trinajstić information content (AvgIpc) is 2.88. The molecule has 9 heteroatoms. The standard InChI is InChI=1S/C16H21BF3N3O2/c1-22-7-5-11(6-8-22)21-13-3-2-4-14-12(13)9-15(17(24)25)23(14)10-16(18,19)20/h2-4,9,11,21,24-25H,5-8,10H2,1H3. The van der Waals surface area contributed by atoms with Crippen LogP contribution in [0.5, 0.6) is 0 Å². The quantitative estimate of drug-likeness (QED) is 0.726. The third-order valence-corrected chi connectivity index (χ3v) is 4.66. The largest absolute Gasteiger partial charge is 0.505 e. The van der Waals surface area contributed by atoms with Gasteiger partial charge >= 0.3 is 13.3 Å². The number of halogens is 3. The van der Waals surface area contributed by atoms with Crippen LogP contribution in [-0.2, 0) is 6.54 Å². The molecule has 1 saturated heterocycles. The Morgan fingerprint density at radius 3 is 2.52 bits per heavy atom. The van der Waals surface area contributed by atoms with Crippen molar-refractivity contribution in [3.63, 3.8) is 0 Å². The first-order chi connectivity index (χ1) is 11.7. The summed E-state index contributed by atoms with van der Waals surface area (Å²) in [6.07, 6.45) is -2.55. The molecule has 3 rings (SSSR count). The monoisotopic (exact) mass is 355 g/mol. The van der Waals surface area contributed by atoms with Crippen molar-refractivity contribution in [1.82, 2.24) is 9.47 Å². The fourth-order valence-corrected chi connectivity index (χ4v) is 3.37. The minimum Gasteiger partial charge on any atom is -0.422 e. The molecule has 1 aromatic heterocycles. The summed E-state index contributed by atoms with van der Waals surface area (Å²) in [5.74, 6) is 0. The van der Waals surface area contributed by atoms with Crippen molar-refractivity contribution in [2.24, 2.45) is 0 Å². The summed E-state index contributed by atoms with van der Waals surface area (Å²) < 4.78 is 39.6. The Balaban J connectivity index is 1.96. The van der Waals surface area contributed by atoms with E-state index in [9.17, 15) is 23.2 Å². The van der Waals surface area contributed by atoms with Gasteiger partial charge in [-0.05, 0) is 51.2 Å². The van der Waals surface area contributed by atoms with Crippen molar-refractivity contribution < 1.29 is 23.2 Å². The molecular formula is C16H21BF3N3O2. The number of alkyl halides is 3. The second-order valence-corrected chi connectivity index (χ2v) is 6.60. The molecule has 1 aliphatic heterocycles. The predicted molar refractivity (Wildman–Crippen MR) is 92.0 cm³/mol. The number of nitrogens with one attached hydrogen (secondary N) is 1. The van der Waals surface area contributed by atoms with Crippen LogP contribution in [0.2, 0.25) is 0 Å². The number of aromatic nitrogens is 1. The molecule has 1 fully saturated rings. The van der Waals surface area contributed by atoms with E-state index < -0.39 is 19.8 Å². The summed E-state index contributed by atoms with van der Waals surface area (Å²) in [5, 5.41) is 22.9. The minimum absolute atomic E-state index is 0.162. The second-order valence-electron chi connectivity index (χ2n) is 6.60. The Hall–Kier alpha value is -1.71. The highest BCUT2D eigenvalue weighted by Crippen LogP contribution is 2.28. The first kappa shape index (κ1) is 18.1. The summed E-state index contributed by atoms with van der Waals surface area (Å²) in [4.78, 5) is 2.23. The molecule has 0 aliphatic carbocycles. The maximum absolute atomic E-state index is 12.9. The Labute approximate surface area is 144 Å². The molecule has 2 heterocycles. The molecular weight excluding hydrogens is 334 g/mol. The minimum atomic E-state index is -4.45. The zero-order chi connectivity index (χ0) is 18.2. The number of hydrogen-bond acceptors (Lipinski definition) is 4. The molecule has 25 heavy (non-hydrogen) atoms. The number of hydrogen-bond donors (Lipinski definition) is 3. The van der Waals surface area contributed by atoms with Crippen LogP contribution in [0.15, 0.2) is 24.3 Å². The van der Waals surface area contributed by atoms with Crippen LogP contribution in [0.25, 0.3) is 10.9 Å². The van der Waals surface area contributed by atoms with E-state index in [1.807, 2.05) is 6.07 Å². The van der Waals surface area contributed by atoms with E-state index >= 15 is 0 Å². The molecule has 0 atom stereocenters. The van der Waals surface area contributed by atoms with Crippen LogP contribution >= 0.6 is 0 Å². The molecule has 1 aromatic carbocycles. The number of fused-ring (bicyclic) bond motifs is 1. The lowest BCUT2D eigenvalue weighted by Gasteiger charge is -2.30. The van der Waals surface area contributed by atoms with Gasteiger partial charge in [0.25, 0.3) is 0 Å². The fraction of sp³-hybridized carbons (Fsp3) is 0.500. The molecule has 0 saturated carbocycles. The first-order valence-electron chi connectivity index (χ1n) is 8.25. The van der Waals surface area contributed by atoms with Crippen molar-refractivity contribution in [2.75, 3.05) is 25.5 Å². The van der Waals surface area contributed by atoms with Gasteiger partial charge in [0.1, 0.15) is 6.54 Å². The van der Waals surface area contributed by atoms with E-state index in [1.54, 1.807) is 12.1 Å². The van der Waals surface area contributed by atoms with Gasteiger partial charge in [-0.1, -0.05) is 6.07 Å². The molecule has 2 aromatic rings. The Bertz CT molecular complexity index is 740. The summed E-state index contributed by atoms with van der Waals surface area (Å²) in [5.41, 5.74) is 0.887. The van der Waals surface area contributed by atoms with Gasteiger partial charge in [-0.25, -0.2) is 0 Å². The maximum atomic E-state index is 12.9. The van der Waals surface area contributed by atoms with Gasteiger partial charge in [0, 0.05) is 22.7 Å². The Morgan fingerprint density at radius 2 is 1.92 bits per heavy atom. The van der Waals surface area contributed by atoms with Crippen molar-refractivity contribution in [2.45, 2.75) is 31.6 Å². The average molecular weight is 355 g/mol. The van der Waals surface area contributed by atoms with E-state index in [0.29, 0.717) is 10.9 Å². The summed E-state index contributed by atoms with van der Waals surface area (Å²) in [6.45, 7) is 0.661. The number of nitrogens with zero attached hydrogens (tertiary/aromatic N) is 2. The van der Waals surface area contributed by atoms with Crippen molar-refractivity contribution >= 4 is 29.3 Å². The van der Waals surface area contributed by atoms with Gasteiger partial charge in [0.05, 0.1) is 5.52 Å². The zero-order valence-electron chi connectivity index (χ0n) is 13.9. The molecule has 5 nitrogen and oxygen atoms in total. The van der Waals surface area contributed by atoms with Crippen molar-refractivity contribution in [3.05, 3.63) is 24.3 Å². The topological polar surface area (TPSA) is 60.7 Å². The first-order valence-corrected chi connectivity index (χ1v) is 8.25. The van der Waals surface area contributed by atoms with Crippen LogP contribution in [0.1, 0.15) is 12.8 Å². The number of piperidine rings is 1. The smallest absolute Gasteiger partial charge is 0.422 e. The predicted octanol–water partition coefficient (Wildman–Crippen LogP) is 1.39. The van der Waals surface area contributed by atoms with Crippen LogP contribution in [-0.4, -0.2) is 59.0 Å². The highest BCUT2D eigenvalue weighted by Gasteiger charge is 2.32. The molecule has 3 N–H and O–H groups in total. The van der Waals surface area contributed by atoms with E-state index in [-0.39, 0.29) is 11.6 Å². The zero-order valence-corrected chi connectivity index (χ0v) is 13.9.